The highest BCUT2D eigenvalue weighted by atomic mass is 35.5. The Hall–Kier alpha value is -4.31. The normalized spacial score (nSPS) is 18.2. The van der Waals surface area contributed by atoms with Crippen molar-refractivity contribution < 1.29 is 23.5 Å². The van der Waals surface area contributed by atoms with Crippen molar-refractivity contribution >= 4 is 35.0 Å². The Morgan fingerprint density at radius 1 is 1.32 bits per heavy atom. The molecule has 236 valence electrons. The summed E-state index contributed by atoms with van der Waals surface area (Å²) in [7, 11) is 1.61. The van der Waals surface area contributed by atoms with Crippen LogP contribution in [0.5, 0.6) is 5.75 Å². The first-order valence-corrected chi connectivity index (χ1v) is 14.5. The Balaban J connectivity index is 1.85. The number of likely N-dealkylation sites (N-methyl/N-ethyl adjacent to an activating group) is 1. The fraction of sp³-hybridized carbons (Fsp3) is 0.500. The Morgan fingerprint density at radius 3 is 2.57 bits per heavy atom. The van der Waals surface area contributed by atoms with E-state index in [0.717, 1.165) is 0 Å². The highest BCUT2D eigenvalue weighted by Gasteiger charge is 2.39. The first-order chi connectivity index (χ1) is 20.7. The molecule has 0 spiro atoms. The van der Waals surface area contributed by atoms with Gasteiger partial charge in [-0.1, -0.05) is 37.3 Å². The van der Waals surface area contributed by atoms with E-state index in [1.807, 2.05) is 6.92 Å². The molecule has 2 heterocycles. The molecule has 2 atom stereocenters. The van der Waals surface area contributed by atoms with E-state index in [2.05, 4.69) is 38.6 Å². The zero-order valence-corrected chi connectivity index (χ0v) is 26.6. The smallest absolute Gasteiger partial charge is 0.415 e. The molecule has 0 radical (unpaired) electrons. The summed E-state index contributed by atoms with van der Waals surface area (Å²) >= 11 is 6.51. The summed E-state index contributed by atoms with van der Waals surface area (Å²) in [5.74, 6) is -0.544. The van der Waals surface area contributed by atoms with Crippen molar-refractivity contribution in [2.45, 2.75) is 71.9 Å². The minimum absolute atomic E-state index is 0.130. The van der Waals surface area contributed by atoms with Gasteiger partial charge in [-0.25, -0.2) is 9.18 Å². The molecule has 12 nitrogen and oxygen atoms in total. The van der Waals surface area contributed by atoms with Crippen molar-refractivity contribution in [3.05, 3.63) is 53.4 Å². The summed E-state index contributed by atoms with van der Waals surface area (Å²) in [5.41, 5.74) is -0.198. The predicted octanol–water partition coefficient (Wildman–Crippen LogP) is 7.52. The van der Waals surface area contributed by atoms with Crippen LogP contribution < -0.4 is 15.0 Å². The number of nitriles is 1. The topological polar surface area (TPSA) is 144 Å². The molecule has 0 saturated carbocycles. The summed E-state index contributed by atoms with van der Waals surface area (Å²) < 4.78 is 25.1. The Labute approximate surface area is 261 Å². The molecule has 2 unspecified atom stereocenters. The van der Waals surface area contributed by atoms with Crippen LogP contribution in [-0.4, -0.2) is 55.0 Å². The Bertz CT molecular complexity index is 1410. The van der Waals surface area contributed by atoms with Gasteiger partial charge in [-0.2, -0.15) is 5.26 Å². The summed E-state index contributed by atoms with van der Waals surface area (Å²) in [6.07, 6.45) is 3.18. The van der Waals surface area contributed by atoms with Crippen LogP contribution in [0.4, 0.5) is 20.6 Å². The molecular weight excluding hydrogens is 591 g/mol. The summed E-state index contributed by atoms with van der Waals surface area (Å²) in [4.78, 5) is 29.8. The molecule has 1 N–H and O–H groups in total. The van der Waals surface area contributed by atoms with E-state index >= 15 is 0 Å². The monoisotopic (exact) mass is 628 g/mol. The molecule has 0 fully saturated rings. The number of amides is 2. The minimum Gasteiger partial charge on any atom is -0.476 e. The Kier molecular flexibility index (Phi) is 11.2. The minimum atomic E-state index is -1.08. The molecule has 3 rings (SSSR count). The van der Waals surface area contributed by atoms with Gasteiger partial charge < -0.3 is 19.7 Å². The van der Waals surface area contributed by atoms with Gasteiger partial charge in [0.05, 0.1) is 40.3 Å². The lowest BCUT2D eigenvalue weighted by atomic mass is 9.77. The molecular formula is C30H38ClFN8O4. The molecule has 0 bridgehead atoms. The third-order valence-corrected chi connectivity index (χ3v) is 7.35. The van der Waals surface area contributed by atoms with Gasteiger partial charge in [0, 0.05) is 19.7 Å². The number of hydrogen-bond donors (Lipinski definition) is 1. The van der Waals surface area contributed by atoms with Crippen LogP contribution in [0.1, 0.15) is 53.9 Å². The maximum absolute atomic E-state index is 13.7. The van der Waals surface area contributed by atoms with E-state index < -0.39 is 35.4 Å². The zero-order chi connectivity index (χ0) is 32.7. The van der Waals surface area contributed by atoms with Gasteiger partial charge in [0.15, 0.2) is 6.10 Å². The van der Waals surface area contributed by atoms with Crippen molar-refractivity contribution in [3.8, 4) is 11.8 Å². The van der Waals surface area contributed by atoms with E-state index in [9.17, 15) is 19.2 Å². The first kappa shape index (κ1) is 34.2. The molecule has 0 saturated heterocycles. The number of hydrogen-bond acceptors (Lipinski definition) is 10. The predicted molar refractivity (Wildman–Crippen MR) is 165 cm³/mol. The van der Waals surface area contributed by atoms with E-state index in [1.165, 1.54) is 28.9 Å². The van der Waals surface area contributed by atoms with Gasteiger partial charge in [0.1, 0.15) is 11.4 Å². The number of anilines is 2. The average molecular weight is 629 g/mol. The molecule has 14 heteroatoms. The van der Waals surface area contributed by atoms with Crippen LogP contribution in [0.25, 0.3) is 0 Å². The summed E-state index contributed by atoms with van der Waals surface area (Å²) in [6.45, 7) is 12.3. The van der Waals surface area contributed by atoms with Gasteiger partial charge in [0.2, 0.25) is 0 Å². The number of rotatable bonds is 11. The van der Waals surface area contributed by atoms with Crippen molar-refractivity contribution in [2.75, 3.05) is 30.4 Å². The maximum Gasteiger partial charge on any atom is 0.415 e. The SMILES string of the molecule is C=C/C(=C\C=C(/C)F)CC(C#N)(CC)CCN(C)C(=O)C1CN(C(=O)OC(C)(C)C)c2cc(Cl)c(NC3N=NN=N3)cc2O1. The number of fused-ring (bicyclic) bond motifs is 1. The summed E-state index contributed by atoms with van der Waals surface area (Å²) in [6, 6.07) is 5.48. The van der Waals surface area contributed by atoms with Crippen LogP contribution in [0.15, 0.2) is 69.0 Å². The third kappa shape index (κ3) is 8.86. The molecule has 44 heavy (non-hydrogen) atoms. The van der Waals surface area contributed by atoms with Crippen LogP contribution >= 0.6 is 11.6 Å². The van der Waals surface area contributed by atoms with Gasteiger partial charge in [0.25, 0.3) is 12.2 Å². The number of ether oxygens (including phenoxy) is 2. The van der Waals surface area contributed by atoms with Gasteiger partial charge in [-0.05, 0) is 75.1 Å². The van der Waals surface area contributed by atoms with Crippen LogP contribution in [0, 0.1) is 16.7 Å². The van der Waals surface area contributed by atoms with Crippen LogP contribution in [0.2, 0.25) is 5.02 Å². The largest absolute Gasteiger partial charge is 0.476 e. The highest BCUT2D eigenvalue weighted by Crippen LogP contribution is 2.41. The van der Waals surface area contributed by atoms with Crippen molar-refractivity contribution in [3.63, 3.8) is 0 Å². The second-order valence-corrected chi connectivity index (χ2v) is 12.0. The second kappa shape index (κ2) is 14.4. The molecule has 2 aliphatic rings. The number of benzene rings is 1. The molecule has 2 aliphatic heterocycles. The van der Waals surface area contributed by atoms with Gasteiger partial charge in [-0.3, -0.25) is 9.69 Å². The molecule has 0 aromatic heterocycles. The Morgan fingerprint density at radius 2 is 2.00 bits per heavy atom. The van der Waals surface area contributed by atoms with E-state index in [0.29, 0.717) is 36.2 Å². The fourth-order valence-corrected chi connectivity index (χ4v) is 4.72. The van der Waals surface area contributed by atoms with E-state index in [-0.39, 0.29) is 29.7 Å². The van der Waals surface area contributed by atoms with Crippen LogP contribution in [0.3, 0.4) is 0 Å². The quantitative estimate of drug-likeness (QED) is 0.251. The summed E-state index contributed by atoms with van der Waals surface area (Å²) in [5, 5.41) is 27.9. The number of nitrogens with one attached hydrogen (secondary N) is 1. The highest BCUT2D eigenvalue weighted by molar-refractivity contribution is 6.33. The lowest BCUT2D eigenvalue weighted by molar-refractivity contribution is -0.137. The van der Waals surface area contributed by atoms with Crippen molar-refractivity contribution in [1.29, 1.82) is 5.26 Å². The maximum atomic E-state index is 13.7. The third-order valence-electron chi connectivity index (χ3n) is 7.04. The van der Waals surface area contributed by atoms with Crippen molar-refractivity contribution in [1.82, 2.24) is 4.90 Å². The second-order valence-electron chi connectivity index (χ2n) is 11.6. The molecule has 0 aliphatic carbocycles. The average Bonchev–Trinajstić information content (AvgIpc) is 3.48. The van der Waals surface area contributed by atoms with Crippen LogP contribution in [-0.2, 0) is 9.53 Å². The first-order valence-electron chi connectivity index (χ1n) is 14.1. The lowest BCUT2D eigenvalue weighted by Crippen LogP contribution is -2.52. The standard InChI is InChI=1S/C30H38ClFN8O4/c1-8-20(11-10-19(3)32)16-30(9-2,18-33)12-13-39(7)26(41)25-17-40(28(42)44-29(4,5)6)23-14-21(31)22(15-24(23)43-25)34-27-35-37-38-36-27/h8,10-11,14-15,25,27,34H,1,9,12-13,16-17H2,2-7H3/b19-10+,20-11+. The molecule has 1 aromatic carbocycles. The van der Waals surface area contributed by atoms with E-state index in [1.54, 1.807) is 46.0 Å². The number of carbonyl (C=O) groups excluding carboxylic acids is 2. The zero-order valence-electron chi connectivity index (χ0n) is 25.8. The number of carbonyl (C=O) groups is 2. The number of nitrogens with zero attached hydrogens (tertiary/aromatic N) is 7. The number of halogens is 2. The van der Waals surface area contributed by atoms with Crippen molar-refractivity contribution in [2.24, 2.45) is 26.1 Å². The molecule has 2 amide bonds. The number of allylic oxidation sites excluding steroid dienone is 5. The van der Waals surface area contributed by atoms with E-state index in [4.69, 9.17) is 21.1 Å². The lowest BCUT2D eigenvalue weighted by Gasteiger charge is -2.37. The molecule has 1 aromatic rings. The fourth-order valence-electron chi connectivity index (χ4n) is 4.51. The van der Waals surface area contributed by atoms with Gasteiger partial charge >= 0.3 is 6.09 Å². The van der Waals surface area contributed by atoms with Gasteiger partial charge in [-0.15, -0.1) is 10.2 Å².